The Bertz CT molecular complexity index is 897. The average molecular weight is 254 g/mol. The van der Waals surface area contributed by atoms with Crippen molar-refractivity contribution < 1.29 is 0 Å². The van der Waals surface area contributed by atoms with Crippen molar-refractivity contribution in [2.75, 3.05) is 0 Å². The van der Waals surface area contributed by atoms with Gasteiger partial charge in [-0.1, -0.05) is 60.2 Å². The van der Waals surface area contributed by atoms with E-state index in [0.717, 1.165) is 12.8 Å². The predicted molar refractivity (Wildman–Crippen MR) is 83.8 cm³/mol. The van der Waals surface area contributed by atoms with Gasteiger partial charge in [0.2, 0.25) is 0 Å². The molecule has 94 valence electrons. The number of rotatable bonds is 0. The molecule has 0 N–H and O–H groups in total. The standard InChI is InChI=1S/C20H14/c1-2-6-14-12-19-16(9-13(14)5-1)11-17-10-15-7-3-4-8-18(15)20(17)19/h1-9,12H,10-11H2. The highest BCUT2D eigenvalue weighted by Gasteiger charge is 2.29. The second-order valence-electron chi connectivity index (χ2n) is 5.85. The molecule has 0 amide bonds. The molecule has 0 radical (unpaired) electrons. The van der Waals surface area contributed by atoms with Gasteiger partial charge in [-0.05, 0) is 57.5 Å². The Hall–Kier alpha value is -2.34. The molecule has 2 aliphatic rings. The molecule has 3 aromatic carbocycles. The summed E-state index contributed by atoms with van der Waals surface area (Å²) in [5.41, 5.74) is 9.04. The van der Waals surface area contributed by atoms with Crippen LogP contribution in [0, 0.1) is 0 Å². The first-order chi connectivity index (χ1) is 9.90. The number of hydrogen-bond donors (Lipinski definition) is 0. The fraction of sp³-hybridized carbons (Fsp3) is 0.100. The van der Waals surface area contributed by atoms with E-state index in [1.807, 2.05) is 0 Å². The highest BCUT2D eigenvalue weighted by Crippen LogP contribution is 2.45. The van der Waals surface area contributed by atoms with Gasteiger partial charge in [0.1, 0.15) is 0 Å². The zero-order valence-electron chi connectivity index (χ0n) is 11.2. The minimum absolute atomic E-state index is 1.13. The SMILES string of the molecule is c1ccc2c(c1)CC1=C2c2cc3ccccc3cc2C1. The molecule has 3 aromatic rings. The molecule has 0 saturated carbocycles. The van der Waals surface area contributed by atoms with E-state index in [4.69, 9.17) is 0 Å². The maximum absolute atomic E-state index is 2.38. The first-order valence-corrected chi connectivity index (χ1v) is 7.22. The third-order valence-electron chi connectivity index (χ3n) is 4.69. The maximum atomic E-state index is 2.38. The Balaban J connectivity index is 1.80. The second kappa shape index (κ2) is 3.61. The Morgan fingerprint density at radius 3 is 2.20 bits per heavy atom. The van der Waals surface area contributed by atoms with Gasteiger partial charge in [0.15, 0.2) is 0 Å². The van der Waals surface area contributed by atoms with Crippen molar-refractivity contribution in [3.63, 3.8) is 0 Å². The number of benzene rings is 3. The van der Waals surface area contributed by atoms with E-state index in [2.05, 4.69) is 60.7 Å². The van der Waals surface area contributed by atoms with Crippen LogP contribution in [0.15, 0.2) is 66.2 Å². The summed E-state index contributed by atoms with van der Waals surface area (Å²) < 4.78 is 0. The van der Waals surface area contributed by atoms with E-state index in [-0.39, 0.29) is 0 Å². The van der Waals surface area contributed by atoms with Crippen LogP contribution in [0.3, 0.4) is 0 Å². The van der Waals surface area contributed by atoms with Crippen molar-refractivity contribution in [1.29, 1.82) is 0 Å². The van der Waals surface area contributed by atoms with Gasteiger partial charge in [0.25, 0.3) is 0 Å². The second-order valence-corrected chi connectivity index (χ2v) is 5.85. The topological polar surface area (TPSA) is 0 Å². The number of allylic oxidation sites excluding steroid dienone is 1. The lowest BCUT2D eigenvalue weighted by molar-refractivity contribution is 1.09. The molecule has 0 heterocycles. The fourth-order valence-electron chi connectivity index (χ4n) is 3.81. The van der Waals surface area contributed by atoms with Gasteiger partial charge in [-0.25, -0.2) is 0 Å². The van der Waals surface area contributed by atoms with Crippen LogP contribution >= 0.6 is 0 Å². The molecule has 5 rings (SSSR count). The van der Waals surface area contributed by atoms with Crippen LogP contribution in [-0.2, 0) is 12.8 Å². The van der Waals surface area contributed by atoms with Gasteiger partial charge in [-0.15, -0.1) is 0 Å². The van der Waals surface area contributed by atoms with Gasteiger partial charge < -0.3 is 0 Å². The predicted octanol–water partition coefficient (Wildman–Crippen LogP) is 4.75. The molecule has 0 bridgehead atoms. The minimum atomic E-state index is 1.13. The first-order valence-electron chi connectivity index (χ1n) is 7.22. The summed E-state index contributed by atoms with van der Waals surface area (Å²) in [5, 5.41) is 2.71. The van der Waals surface area contributed by atoms with E-state index in [1.165, 1.54) is 38.6 Å². The monoisotopic (exact) mass is 254 g/mol. The summed E-state index contributed by atoms with van der Waals surface area (Å²) in [6.45, 7) is 0. The van der Waals surface area contributed by atoms with Crippen molar-refractivity contribution in [2.45, 2.75) is 12.8 Å². The van der Waals surface area contributed by atoms with Crippen molar-refractivity contribution >= 4 is 16.3 Å². The summed E-state index contributed by atoms with van der Waals surface area (Å²) in [6, 6.07) is 22.3. The maximum Gasteiger partial charge on any atom is -0.00479 e. The molecule has 0 atom stereocenters. The smallest absolute Gasteiger partial charge is 0.00479 e. The lowest BCUT2D eigenvalue weighted by Crippen LogP contribution is -1.92. The Morgan fingerprint density at radius 2 is 1.30 bits per heavy atom. The summed E-state index contributed by atoms with van der Waals surface area (Å²) in [7, 11) is 0. The highest BCUT2D eigenvalue weighted by atomic mass is 14.3. The molecule has 0 fully saturated rings. The highest BCUT2D eigenvalue weighted by molar-refractivity contribution is 5.97. The van der Waals surface area contributed by atoms with Gasteiger partial charge in [0.05, 0.1) is 0 Å². The van der Waals surface area contributed by atoms with Gasteiger partial charge in [-0.3, -0.25) is 0 Å². The average Bonchev–Trinajstić information content (AvgIpc) is 3.00. The van der Waals surface area contributed by atoms with Gasteiger partial charge in [-0.2, -0.15) is 0 Å². The fourth-order valence-corrected chi connectivity index (χ4v) is 3.81. The van der Waals surface area contributed by atoms with E-state index in [0.29, 0.717) is 0 Å². The van der Waals surface area contributed by atoms with Crippen LogP contribution in [0.5, 0.6) is 0 Å². The van der Waals surface area contributed by atoms with Crippen molar-refractivity contribution in [2.24, 2.45) is 0 Å². The van der Waals surface area contributed by atoms with Crippen LogP contribution < -0.4 is 0 Å². The van der Waals surface area contributed by atoms with Crippen LogP contribution in [0.4, 0.5) is 0 Å². The first kappa shape index (κ1) is 10.4. The van der Waals surface area contributed by atoms with Crippen molar-refractivity contribution in [1.82, 2.24) is 0 Å². The number of fused-ring (bicyclic) bond motifs is 5. The molecule has 0 saturated heterocycles. The molecule has 0 spiro atoms. The quantitative estimate of drug-likeness (QED) is 0.543. The molecule has 0 aromatic heterocycles. The Kier molecular flexibility index (Phi) is 1.88. The summed E-state index contributed by atoms with van der Waals surface area (Å²) >= 11 is 0. The van der Waals surface area contributed by atoms with Crippen LogP contribution in [0.2, 0.25) is 0 Å². The van der Waals surface area contributed by atoms with E-state index < -0.39 is 0 Å². The van der Waals surface area contributed by atoms with Crippen LogP contribution in [-0.4, -0.2) is 0 Å². The third kappa shape index (κ3) is 1.26. The minimum Gasteiger partial charge on any atom is -0.0619 e. The molecule has 2 aliphatic carbocycles. The third-order valence-corrected chi connectivity index (χ3v) is 4.69. The van der Waals surface area contributed by atoms with E-state index in [9.17, 15) is 0 Å². The van der Waals surface area contributed by atoms with E-state index >= 15 is 0 Å². The Labute approximate surface area is 118 Å². The van der Waals surface area contributed by atoms with Crippen molar-refractivity contribution in [3.05, 3.63) is 88.5 Å². The van der Waals surface area contributed by atoms with Crippen molar-refractivity contribution in [3.8, 4) is 0 Å². The zero-order chi connectivity index (χ0) is 13.1. The molecule has 0 unspecified atom stereocenters. The summed E-state index contributed by atoms with van der Waals surface area (Å²) in [6.07, 6.45) is 2.26. The normalized spacial score (nSPS) is 15.4. The van der Waals surface area contributed by atoms with Gasteiger partial charge >= 0.3 is 0 Å². The summed E-state index contributed by atoms with van der Waals surface area (Å²) in [4.78, 5) is 0. The summed E-state index contributed by atoms with van der Waals surface area (Å²) in [5.74, 6) is 0. The zero-order valence-corrected chi connectivity index (χ0v) is 11.2. The molecule has 0 heteroatoms. The molecule has 0 aliphatic heterocycles. The molecule has 20 heavy (non-hydrogen) atoms. The van der Waals surface area contributed by atoms with Crippen LogP contribution in [0.25, 0.3) is 16.3 Å². The lowest BCUT2D eigenvalue weighted by atomic mass is 9.95. The molecule has 0 nitrogen and oxygen atoms in total. The van der Waals surface area contributed by atoms with E-state index in [1.54, 1.807) is 5.57 Å². The Morgan fingerprint density at radius 1 is 0.600 bits per heavy atom. The van der Waals surface area contributed by atoms with Gasteiger partial charge in [0, 0.05) is 0 Å². The molecular weight excluding hydrogens is 240 g/mol. The molecular formula is C20H14. The van der Waals surface area contributed by atoms with Crippen LogP contribution in [0.1, 0.15) is 22.3 Å². The largest absolute Gasteiger partial charge is 0.0619 e. The lowest BCUT2D eigenvalue weighted by Gasteiger charge is -2.09. The number of hydrogen-bond acceptors (Lipinski definition) is 0.